The van der Waals surface area contributed by atoms with Crippen LogP contribution in [0.2, 0.25) is 0 Å². The van der Waals surface area contributed by atoms with Gasteiger partial charge in [0.15, 0.2) is 4.77 Å². The van der Waals surface area contributed by atoms with E-state index in [1.165, 1.54) is 12.8 Å². The van der Waals surface area contributed by atoms with Crippen molar-refractivity contribution in [1.82, 2.24) is 14.5 Å². The Labute approximate surface area is 136 Å². The van der Waals surface area contributed by atoms with Crippen LogP contribution >= 0.6 is 34.8 Å². The molecule has 1 aromatic carbocycles. The third-order valence-corrected chi connectivity index (χ3v) is 5.26. The van der Waals surface area contributed by atoms with E-state index in [-0.39, 0.29) is 5.82 Å². The number of H-pyrrole nitrogens is 1. The van der Waals surface area contributed by atoms with Gasteiger partial charge in [-0.05, 0) is 66.8 Å². The number of likely N-dealkylation sites (N-methyl/N-ethyl adjacent to an activating group) is 1. The number of rotatable bonds is 3. The van der Waals surface area contributed by atoms with Crippen LogP contribution < -0.4 is 0 Å². The molecule has 0 aliphatic carbocycles. The minimum atomic E-state index is -0.181. The Morgan fingerprint density at radius 3 is 3.05 bits per heavy atom. The quantitative estimate of drug-likeness (QED) is 0.618. The molecule has 1 unspecified atom stereocenters. The number of nitrogens with zero attached hydrogens (tertiary/aromatic N) is 2. The Morgan fingerprint density at radius 1 is 1.50 bits per heavy atom. The first kappa shape index (κ1) is 14.5. The maximum absolute atomic E-state index is 13.8. The first-order valence-electron chi connectivity index (χ1n) is 6.91. The van der Waals surface area contributed by atoms with Crippen molar-refractivity contribution in [3.05, 3.63) is 26.3 Å². The number of aromatic nitrogens is 2. The van der Waals surface area contributed by atoms with Crippen molar-refractivity contribution in [2.75, 3.05) is 13.1 Å². The van der Waals surface area contributed by atoms with Gasteiger partial charge in [0.05, 0.1) is 14.6 Å². The van der Waals surface area contributed by atoms with E-state index < -0.39 is 0 Å². The van der Waals surface area contributed by atoms with Gasteiger partial charge in [-0.15, -0.1) is 0 Å². The third kappa shape index (κ3) is 2.53. The molecule has 1 aliphatic rings. The minimum absolute atomic E-state index is 0.181. The van der Waals surface area contributed by atoms with E-state index in [1.807, 2.05) is 33.2 Å². The number of aromatic amines is 1. The molecule has 108 valence electrons. The van der Waals surface area contributed by atoms with Crippen LogP contribution in [0.4, 0.5) is 4.39 Å². The summed E-state index contributed by atoms with van der Waals surface area (Å²) < 4.78 is 17.2. The van der Waals surface area contributed by atoms with E-state index in [1.54, 1.807) is 6.07 Å². The molecule has 6 heteroatoms. The first-order chi connectivity index (χ1) is 9.60. The number of hydrogen-bond donors (Lipinski definition) is 1. The van der Waals surface area contributed by atoms with Crippen LogP contribution in [-0.4, -0.2) is 33.6 Å². The number of fused-ring (bicyclic) bond motifs is 1. The molecular formula is C14H17FIN3S. The molecule has 0 radical (unpaired) electrons. The molecule has 0 bridgehead atoms. The maximum atomic E-state index is 13.8. The second-order valence-electron chi connectivity index (χ2n) is 5.25. The molecule has 1 aliphatic heterocycles. The Kier molecular flexibility index (Phi) is 4.14. The number of likely N-dealkylation sites (tertiary alicyclic amines) is 1. The highest BCUT2D eigenvalue weighted by molar-refractivity contribution is 14.1. The van der Waals surface area contributed by atoms with Crippen molar-refractivity contribution in [2.24, 2.45) is 0 Å². The predicted molar refractivity (Wildman–Crippen MR) is 90.1 cm³/mol. The molecule has 0 spiro atoms. The van der Waals surface area contributed by atoms with Crippen LogP contribution in [0.5, 0.6) is 0 Å². The molecule has 1 fully saturated rings. The monoisotopic (exact) mass is 405 g/mol. The summed E-state index contributed by atoms with van der Waals surface area (Å²) in [5.41, 5.74) is 1.79. The average molecular weight is 405 g/mol. The largest absolute Gasteiger partial charge is 0.331 e. The SMILES string of the molecule is CCN1CCCC1Cn1c(=S)[nH]c2cc(I)c(F)cc21. The second-order valence-corrected chi connectivity index (χ2v) is 6.80. The fraction of sp³-hybridized carbons (Fsp3) is 0.500. The summed E-state index contributed by atoms with van der Waals surface area (Å²) in [5.74, 6) is -0.181. The fourth-order valence-corrected chi connectivity index (χ4v) is 3.81. The van der Waals surface area contributed by atoms with Gasteiger partial charge in [-0.3, -0.25) is 4.90 Å². The van der Waals surface area contributed by atoms with Crippen molar-refractivity contribution in [3.63, 3.8) is 0 Å². The topological polar surface area (TPSA) is 24.0 Å². The number of hydrogen-bond acceptors (Lipinski definition) is 2. The molecule has 2 aromatic rings. The van der Waals surface area contributed by atoms with Crippen molar-refractivity contribution in [3.8, 4) is 0 Å². The molecule has 0 amide bonds. The molecule has 0 saturated carbocycles. The number of halogens is 2. The number of benzene rings is 1. The van der Waals surface area contributed by atoms with Crippen LogP contribution in [0.3, 0.4) is 0 Å². The van der Waals surface area contributed by atoms with Gasteiger partial charge >= 0.3 is 0 Å². The average Bonchev–Trinajstić information content (AvgIpc) is 2.97. The number of imidazole rings is 1. The molecule has 3 nitrogen and oxygen atoms in total. The smallest absolute Gasteiger partial charge is 0.178 e. The lowest BCUT2D eigenvalue weighted by Gasteiger charge is -2.23. The van der Waals surface area contributed by atoms with Crippen LogP contribution in [0.1, 0.15) is 19.8 Å². The molecular weight excluding hydrogens is 388 g/mol. The van der Waals surface area contributed by atoms with Crippen LogP contribution in [0, 0.1) is 14.2 Å². The van der Waals surface area contributed by atoms with E-state index in [4.69, 9.17) is 12.2 Å². The third-order valence-electron chi connectivity index (χ3n) is 4.11. The minimum Gasteiger partial charge on any atom is -0.331 e. The van der Waals surface area contributed by atoms with Gasteiger partial charge in [0.25, 0.3) is 0 Å². The molecule has 3 rings (SSSR count). The summed E-state index contributed by atoms with van der Waals surface area (Å²) in [6.45, 7) is 5.25. The lowest BCUT2D eigenvalue weighted by atomic mass is 10.2. The highest BCUT2D eigenvalue weighted by Gasteiger charge is 2.24. The fourth-order valence-electron chi connectivity index (χ4n) is 3.06. The molecule has 1 saturated heterocycles. The van der Waals surface area contributed by atoms with Gasteiger partial charge in [-0.2, -0.15) is 0 Å². The van der Waals surface area contributed by atoms with Crippen molar-refractivity contribution in [1.29, 1.82) is 0 Å². The van der Waals surface area contributed by atoms with Crippen LogP contribution in [0.25, 0.3) is 11.0 Å². The van der Waals surface area contributed by atoms with Gasteiger partial charge in [-0.1, -0.05) is 6.92 Å². The molecule has 1 atom stereocenters. The van der Waals surface area contributed by atoms with Gasteiger partial charge in [0.2, 0.25) is 0 Å². The van der Waals surface area contributed by atoms with E-state index in [2.05, 4.69) is 16.8 Å². The Balaban J connectivity index is 2.01. The zero-order valence-corrected chi connectivity index (χ0v) is 14.3. The lowest BCUT2D eigenvalue weighted by Crippen LogP contribution is -2.32. The summed E-state index contributed by atoms with van der Waals surface area (Å²) in [6, 6.07) is 3.92. The lowest BCUT2D eigenvalue weighted by molar-refractivity contribution is 0.245. The van der Waals surface area contributed by atoms with Crippen LogP contribution in [0.15, 0.2) is 12.1 Å². The summed E-state index contributed by atoms with van der Waals surface area (Å²) in [4.78, 5) is 5.67. The first-order valence-corrected chi connectivity index (χ1v) is 8.40. The normalized spacial score (nSPS) is 20.1. The van der Waals surface area contributed by atoms with Gasteiger partial charge in [-0.25, -0.2) is 4.39 Å². The van der Waals surface area contributed by atoms with Crippen molar-refractivity contribution < 1.29 is 4.39 Å². The predicted octanol–water partition coefficient (Wildman–Crippen LogP) is 3.93. The Morgan fingerprint density at radius 2 is 2.30 bits per heavy atom. The Hall–Kier alpha value is -0.470. The highest BCUT2D eigenvalue weighted by Crippen LogP contribution is 2.24. The summed E-state index contributed by atoms with van der Waals surface area (Å²) in [7, 11) is 0. The van der Waals surface area contributed by atoms with Crippen molar-refractivity contribution >= 4 is 45.8 Å². The molecule has 20 heavy (non-hydrogen) atoms. The second kappa shape index (κ2) is 5.73. The van der Waals surface area contributed by atoms with Crippen molar-refractivity contribution in [2.45, 2.75) is 32.4 Å². The number of nitrogens with one attached hydrogen (secondary N) is 1. The molecule has 1 N–H and O–H groups in total. The molecule has 2 heterocycles. The summed E-state index contributed by atoms with van der Waals surface area (Å²) >= 11 is 7.42. The van der Waals surface area contributed by atoms with E-state index in [9.17, 15) is 4.39 Å². The maximum Gasteiger partial charge on any atom is 0.178 e. The summed E-state index contributed by atoms with van der Waals surface area (Å²) in [6.07, 6.45) is 2.43. The van der Waals surface area contributed by atoms with Crippen LogP contribution in [-0.2, 0) is 6.54 Å². The van der Waals surface area contributed by atoms with E-state index in [0.717, 1.165) is 30.7 Å². The highest BCUT2D eigenvalue weighted by atomic mass is 127. The zero-order valence-electron chi connectivity index (χ0n) is 11.3. The standard InChI is InChI=1S/C14H17FIN3S/c1-2-18-5-3-4-9(18)8-19-13-6-10(15)11(16)7-12(13)17-14(19)20/h6-7,9H,2-5,8H2,1H3,(H,17,20). The Bertz CT molecular complexity index is 694. The molecule has 1 aromatic heterocycles. The van der Waals surface area contributed by atoms with Gasteiger partial charge in [0, 0.05) is 18.7 Å². The van der Waals surface area contributed by atoms with E-state index in [0.29, 0.717) is 14.4 Å². The zero-order chi connectivity index (χ0) is 14.3. The summed E-state index contributed by atoms with van der Waals surface area (Å²) in [5, 5.41) is 0. The van der Waals surface area contributed by atoms with Gasteiger partial charge < -0.3 is 9.55 Å². The van der Waals surface area contributed by atoms with Gasteiger partial charge in [0.1, 0.15) is 5.82 Å². The van der Waals surface area contributed by atoms with E-state index >= 15 is 0 Å².